The third-order valence-corrected chi connectivity index (χ3v) is 4.39. The fourth-order valence-electron chi connectivity index (χ4n) is 3.08. The van der Waals surface area contributed by atoms with Crippen LogP contribution in [0.4, 0.5) is 0 Å². The monoisotopic (exact) mass is 339 g/mol. The van der Waals surface area contributed by atoms with E-state index in [-0.39, 0.29) is 18.4 Å². The van der Waals surface area contributed by atoms with Crippen LogP contribution in [0, 0.1) is 0 Å². The maximum Gasteiger partial charge on any atom is 0.245 e. The lowest BCUT2D eigenvalue weighted by Crippen LogP contribution is -2.59. The van der Waals surface area contributed by atoms with Gasteiger partial charge in [-0.2, -0.15) is 0 Å². The molecule has 6 heteroatoms. The number of likely N-dealkylation sites (N-methyl/N-ethyl adjacent to an activating group) is 1. The Labute approximate surface area is 147 Å². The van der Waals surface area contributed by atoms with Crippen LogP contribution in [0.5, 0.6) is 5.88 Å². The molecule has 1 aliphatic heterocycles. The molecule has 2 aromatic rings. The summed E-state index contributed by atoms with van der Waals surface area (Å²) in [5, 5.41) is 0. The van der Waals surface area contributed by atoms with E-state index < -0.39 is 6.04 Å². The molecular formula is C19H21N3O3. The molecule has 1 aliphatic rings. The number of hydrogen-bond acceptors (Lipinski definition) is 4. The summed E-state index contributed by atoms with van der Waals surface area (Å²) < 4.78 is 5.28. The van der Waals surface area contributed by atoms with Crippen molar-refractivity contribution in [2.45, 2.75) is 19.0 Å². The van der Waals surface area contributed by atoms with Crippen molar-refractivity contribution in [2.24, 2.45) is 0 Å². The molecule has 0 bridgehead atoms. The second-order valence-corrected chi connectivity index (χ2v) is 6.09. The number of carbonyl (C=O) groups excluding carboxylic acids is 2. The number of piperazine rings is 1. The van der Waals surface area contributed by atoms with Gasteiger partial charge in [0.15, 0.2) is 0 Å². The van der Waals surface area contributed by atoms with Crippen LogP contribution in [0.15, 0.2) is 48.7 Å². The van der Waals surface area contributed by atoms with E-state index in [4.69, 9.17) is 4.74 Å². The van der Waals surface area contributed by atoms with E-state index in [1.54, 1.807) is 31.3 Å². The highest BCUT2D eigenvalue weighted by Gasteiger charge is 2.38. The van der Waals surface area contributed by atoms with Crippen LogP contribution in [0.1, 0.15) is 11.1 Å². The number of nitrogens with zero attached hydrogens (tertiary/aromatic N) is 3. The van der Waals surface area contributed by atoms with E-state index in [9.17, 15) is 9.59 Å². The summed E-state index contributed by atoms with van der Waals surface area (Å²) in [4.78, 5) is 32.6. The van der Waals surface area contributed by atoms with Crippen molar-refractivity contribution in [3.05, 3.63) is 59.8 Å². The summed E-state index contributed by atoms with van der Waals surface area (Å²) in [5.41, 5.74) is 1.81. The van der Waals surface area contributed by atoms with Crippen LogP contribution in [0.3, 0.4) is 0 Å². The van der Waals surface area contributed by atoms with Crippen molar-refractivity contribution < 1.29 is 14.3 Å². The Hall–Kier alpha value is -2.89. The van der Waals surface area contributed by atoms with Crippen LogP contribution in [-0.4, -0.2) is 53.3 Å². The first kappa shape index (κ1) is 17.0. The Kier molecular flexibility index (Phi) is 4.97. The molecule has 0 radical (unpaired) electrons. The minimum Gasteiger partial charge on any atom is -0.481 e. The fourth-order valence-corrected chi connectivity index (χ4v) is 3.08. The highest BCUT2D eigenvalue weighted by Crippen LogP contribution is 2.22. The molecule has 0 aliphatic carbocycles. The topological polar surface area (TPSA) is 62.7 Å². The highest BCUT2D eigenvalue weighted by atomic mass is 16.5. The number of hydrogen-bond donors (Lipinski definition) is 0. The molecule has 1 atom stereocenters. The third-order valence-electron chi connectivity index (χ3n) is 4.39. The Balaban J connectivity index is 1.89. The number of carbonyl (C=O) groups is 2. The highest BCUT2D eigenvalue weighted by molar-refractivity contribution is 5.94. The molecule has 25 heavy (non-hydrogen) atoms. The standard InChI is InChI=1S/C19H21N3O3/c1-21-13-17(23)22(12-15-9-6-10-20-18(15)25-2)16(19(21)24)11-14-7-4-3-5-8-14/h3-10,16H,11-13H2,1-2H3/t16-/m0/s1. The van der Waals surface area contributed by atoms with Crippen LogP contribution in [0.25, 0.3) is 0 Å². The summed E-state index contributed by atoms with van der Waals surface area (Å²) in [6.45, 7) is 0.389. The Morgan fingerprint density at radius 3 is 2.64 bits per heavy atom. The number of rotatable bonds is 5. The van der Waals surface area contributed by atoms with Crippen LogP contribution >= 0.6 is 0 Å². The van der Waals surface area contributed by atoms with Crippen molar-refractivity contribution in [1.82, 2.24) is 14.8 Å². The molecule has 1 saturated heterocycles. The lowest BCUT2D eigenvalue weighted by molar-refractivity contribution is -0.155. The predicted octanol–water partition coefficient (Wildman–Crippen LogP) is 1.50. The van der Waals surface area contributed by atoms with Gasteiger partial charge >= 0.3 is 0 Å². The van der Waals surface area contributed by atoms with Crippen LogP contribution < -0.4 is 4.74 Å². The van der Waals surface area contributed by atoms with Gasteiger partial charge in [-0.1, -0.05) is 36.4 Å². The molecule has 0 N–H and O–H groups in total. The Morgan fingerprint density at radius 2 is 1.92 bits per heavy atom. The molecular weight excluding hydrogens is 318 g/mol. The number of aromatic nitrogens is 1. The van der Waals surface area contributed by atoms with Crippen molar-refractivity contribution >= 4 is 11.8 Å². The van der Waals surface area contributed by atoms with Gasteiger partial charge in [0.2, 0.25) is 17.7 Å². The number of amides is 2. The van der Waals surface area contributed by atoms with Gasteiger partial charge in [-0.3, -0.25) is 9.59 Å². The smallest absolute Gasteiger partial charge is 0.245 e. The first-order chi connectivity index (χ1) is 12.1. The van der Waals surface area contributed by atoms with Crippen molar-refractivity contribution in [3.8, 4) is 5.88 Å². The Bertz CT molecular complexity index is 764. The normalized spacial score (nSPS) is 17.8. The maximum atomic E-state index is 12.7. The van der Waals surface area contributed by atoms with E-state index in [0.717, 1.165) is 11.1 Å². The van der Waals surface area contributed by atoms with Crippen molar-refractivity contribution in [1.29, 1.82) is 0 Å². The lowest BCUT2D eigenvalue weighted by Gasteiger charge is -2.39. The van der Waals surface area contributed by atoms with Crippen molar-refractivity contribution in [3.63, 3.8) is 0 Å². The summed E-state index contributed by atoms with van der Waals surface area (Å²) in [6, 6.07) is 12.9. The van der Waals surface area contributed by atoms with E-state index in [1.165, 1.54) is 4.90 Å². The number of methoxy groups -OCH3 is 1. The van der Waals surface area contributed by atoms with Gasteiger partial charge in [-0.25, -0.2) is 4.98 Å². The van der Waals surface area contributed by atoms with Crippen LogP contribution in [0.2, 0.25) is 0 Å². The number of ether oxygens (including phenoxy) is 1. The molecule has 0 saturated carbocycles. The number of benzene rings is 1. The summed E-state index contributed by atoms with van der Waals surface area (Å²) in [7, 11) is 3.21. The summed E-state index contributed by atoms with van der Waals surface area (Å²) in [5.74, 6) is 0.348. The first-order valence-electron chi connectivity index (χ1n) is 8.16. The second-order valence-electron chi connectivity index (χ2n) is 6.09. The predicted molar refractivity (Wildman–Crippen MR) is 92.9 cm³/mol. The van der Waals surface area contributed by atoms with E-state index >= 15 is 0 Å². The fraction of sp³-hybridized carbons (Fsp3) is 0.316. The van der Waals surface area contributed by atoms with Gasteiger partial charge in [-0.15, -0.1) is 0 Å². The van der Waals surface area contributed by atoms with Gasteiger partial charge in [0.25, 0.3) is 0 Å². The first-order valence-corrected chi connectivity index (χ1v) is 8.16. The van der Waals surface area contributed by atoms with Gasteiger partial charge in [0, 0.05) is 25.2 Å². The average molecular weight is 339 g/mol. The largest absolute Gasteiger partial charge is 0.481 e. The molecule has 2 amide bonds. The molecule has 0 unspecified atom stereocenters. The van der Waals surface area contributed by atoms with E-state index in [1.807, 2.05) is 36.4 Å². The van der Waals surface area contributed by atoms with Crippen molar-refractivity contribution in [2.75, 3.05) is 20.7 Å². The minimum atomic E-state index is -0.529. The zero-order chi connectivity index (χ0) is 17.8. The molecule has 1 aromatic heterocycles. The molecule has 2 heterocycles. The zero-order valence-electron chi connectivity index (χ0n) is 14.4. The van der Waals surface area contributed by atoms with Crippen LogP contribution in [-0.2, 0) is 22.6 Å². The number of pyridine rings is 1. The third kappa shape index (κ3) is 3.63. The zero-order valence-corrected chi connectivity index (χ0v) is 14.4. The Morgan fingerprint density at radius 1 is 1.16 bits per heavy atom. The molecule has 0 spiro atoms. The molecule has 130 valence electrons. The molecule has 1 fully saturated rings. The van der Waals surface area contributed by atoms with Gasteiger partial charge in [0.1, 0.15) is 6.04 Å². The molecule has 6 nitrogen and oxygen atoms in total. The van der Waals surface area contributed by atoms with Gasteiger partial charge in [-0.05, 0) is 11.6 Å². The van der Waals surface area contributed by atoms with Gasteiger partial charge in [0.05, 0.1) is 20.2 Å². The quantitative estimate of drug-likeness (QED) is 0.828. The lowest BCUT2D eigenvalue weighted by atomic mass is 10.0. The maximum absolute atomic E-state index is 12.7. The van der Waals surface area contributed by atoms with Gasteiger partial charge < -0.3 is 14.5 Å². The summed E-state index contributed by atoms with van der Waals surface area (Å²) in [6.07, 6.45) is 2.12. The average Bonchev–Trinajstić information content (AvgIpc) is 2.63. The molecule has 1 aromatic carbocycles. The second kappa shape index (κ2) is 7.34. The minimum absolute atomic E-state index is 0.0497. The van der Waals surface area contributed by atoms with E-state index in [2.05, 4.69) is 4.98 Å². The SMILES string of the molecule is COc1ncccc1CN1C(=O)CN(C)C(=O)[C@@H]1Cc1ccccc1. The summed E-state index contributed by atoms with van der Waals surface area (Å²) >= 11 is 0. The van der Waals surface area contributed by atoms with E-state index in [0.29, 0.717) is 18.8 Å². The molecule has 3 rings (SSSR count).